The molecule has 150 valence electrons. The minimum absolute atomic E-state index is 0.0907. The third kappa shape index (κ3) is 6.84. The zero-order chi connectivity index (χ0) is 19.9. The molecular formula is C18H24F3N3O3. The summed E-state index contributed by atoms with van der Waals surface area (Å²) in [5.74, 6) is -0.563. The van der Waals surface area contributed by atoms with Crippen LogP contribution >= 0.6 is 0 Å². The van der Waals surface area contributed by atoms with Crippen LogP contribution in [0.25, 0.3) is 0 Å². The number of carbonyl (C=O) groups is 2. The number of nitrogens with one attached hydrogen (secondary N) is 1. The first kappa shape index (κ1) is 21.2. The summed E-state index contributed by atoms with van der Waals surface area (Å²) >= 11 is 0. The SMILES string of the molecule is CC(=O)N(CCNC(=O)c1ccc(C(F)(F)F)cc1)CCN1CCOCC1. The average molecular weight is 387 g/mol. The molecule has 1 fully saturated rings. The van der Waals surface area contributed by atoms with Crippen LogP contribution in [0.5, 0.6) is 0 Å². The van der Waals surface area contributed by atoms with E-state index in [9.17, 15) is 22.8 Å². The number of alkyl halides is 3. The second kappa shape index (κ2) is 9.70. The number of ether oxygens (including phenoxy) is 1. The summed E-state index contributed by atoms with van der Waals surface area (Å²) < 4.78 is 42.9. The highest BCUT2D eigenvalue weighted by Crippen LogP contribution is 2.29. The lowest BCUT2D eigenvalue weighted by Gasteiger charge is -2.29. The summed E-state index contributed by atoms with van der Waals surface area (Å²) in [6.07, 6.45) is -4.43. The van der Waals surface area contributed by atoms with Crippen LogP contribution in [0.15, 0.2) is 24.3 Å². The maximum Gasteiger partial charge on any atom is 0.416 e. The van der Waals surface area contributed by atoms with E-state index in [-0.39, 0.29) is 18.0 Å². The number of carbonyl (C=O) groups excluding carboxylic acids is 2. The van der Waals surface area contributed by atoms with Crippen molar-refractivity contribution in [3.05, 3.63) is 35.4 Å². The average Bonchev–Trinajstić information content (AvgIpc) is 2.64. The molecular weight excluding hydrogens is 363 g/mol. The highest BCUT2D eigenvalue weighted by Gasteiger charge is 2.30. The summed E-state index contributed by atoms with van der Waals surface area (Å²) in [5, 5.41) is 2.63. The van der Waals surface area contributed by atoms with E-state index in [1.54, 1.807) is 4.90 Å². The van der Waals surface area contributed by atoms with Crippen molar-refractivity contribution in [2.75, 3.05) is 52.5 Å². The molecule has 0 radical (unpaired) electrons. The number of rotatable bonds is 7. The van der Waals surface area contributed by atoms with E-state index < -0.39 is 17.6 Å². The molecule has 6 nitrogen and oxygen atoms in total. The van der Waals surface area contributed by atoms with Gasteiger partial charge in [0, 0.05) is 51.8 Å². The quantitative estimate of drug-likeness (QED) is 0.772. The molecule has 1 saturated heterocycles. The van der Waals surface area contributed by atoms with Gasteiger partial charge in [-0.05, 0) is 24.3 Å². The van der Waals surface area contributed by atoms with Crippen LogP contribution in [-0.4, -0.2) is 74.1 Å². The Labute approximate surface area is 156 Å². The molecule has 1 N–H and O–H groups in total. The first-order valence-electron chi connectivity index (χ1n) is 8.78. The molecule has 0 unspecified atom stereocenters. The lowest BCUT2D eigenvalue weighted by atomic mass is 10.1. The maximum absolute atomic E-state index is 12.5. The molecule has 1 aromatic rings. The first-order chi connectivity index (χ1) is 12.8. The van der Waals surface area contributed by atoms with Crippen molar-refractivity contribution in [2.45, 2.75) is 13.1 Å². The number of hydrogen-bond acceptors (Lipinski definition) is 4. The van der Waals surface area contributed by atoms with Gasteiger partial charge in [-0.2, -0.15) is 13.2 Å². The predicted molar refractivity (Wildman–Crippen MR) is 93.3 cm³/mol. The van der Waals surface area contributed by atoms with Crippen molar-refractivity contribution in [1.82, 2.24) is 15.1 Å². The van der Waals surface area contributed by atoms with Gasteiger partial charge < -0.3 is 15.0 Å². The summed E-state index contributed by atoms with van der Waals surface area (Å²) in [4.78, 5) is 27.7. The Morgan fingerprint density at radius 3 is 2.33 bits per heavy atom. The van der Waals surface area contributed by atoms with Gasteiger partial charge in [-0.25, -0.2) is 0 Å². The summed E-state index contributed by atoms with van der Waals surface area (Å²) in [6, 6.07) is 4.02. The van der Waals surface area contributed by atoms with Crippen LogP contribution in [-0.2, 0) is 15.7 Å². The zero-order valence-electron chi connectivity index (χ0n) is 15.2. The molecule has 1 heterocycles. The lowest BCUT2D eigenvalue weighted by molar-refractivity contribution is -0.137. The van der Waals surface area contributed by atoms with Crippen LogP contribution in [0.4, 0.5) is 13.2 Å². The molecule has 0 bridgehead atoms. The van der Waals surface area contributed by atoms with Gasteiger partial charge in [0.05, 0.1) is 18.8 Å². The number of hydrogen-bond donors (Lipinski definition) is 1. The third-order valence-corrected chi connectivity index (χ3v) is 4.38. The molecule has 2 rings (SSSR count). The smallest absolute Gasteiger partial charge is 0.379 e. The second-order valence-corrected chi connectivity index (χ2v) is 6.29. The summed E-state index contributed by atoms with van der Waals surface area (Å²) in [5.41, 5.74) is -0.657. The molecule has 27 heavy (non-hydrogen) atoms. The second-order valence-electron chi connectivity index (χ2n) is 6.29. The molecule has 0 aromatic heterocycles. The number of halogens is 3. The van der Waals surface area contributed by atoms with Gasteiger partial charge in [0.2, 0.25) is 5.91 Å². The normalized spacial score (nSPS) is 15.4. The van der Waals surface area contributed by atoms with Gasteiger partial charge in [-0.3, -0.25) is 14.5 Å². The molecule has 1 aliphatic heterocycles. The van der Waals surface area contributed by atoms with Crippen LogP contribution in [0.3, 0.4) is 0 Å². The van der Waals surface area contributed by atoms with Crippen molar-refractivity contribution in [3.8, 4) is 0 Å². The van der Waals surface area contributed by atoms with E-state index in [0.717, 1.165) is 43.9 Å². The maximum atomic E-state index is 12.5. The van der Waals surface area contributed by atoms with E-state index in [1.807, 2.05) is 0 Å². The van der Waals surface area contributed by atoms with E-state index in [2.05, 4.69) is 10.2 Å². The Bertz CT molecular complexity index is 629. The van der Waals surface area contributed by atoms with Crippen molar-refractivity contribution in [3.63, 3.8) is 0 Å². The molecule has 0 saturated carbocycles. The Morgan fingerprint density at radius 1 is 1.15 bits per heavy atom. The van der Waals surface area contributed by atoms with Crippen molar-refractivity contribution in [1.29, 1.82) is 0 Å². The van der Waals surface area contributed by atoms with Crippen molar-refractivity contribution in [2.24, 2.45) is 0 Å². The predicted octanol–water partition coefficient (Wildman–Crippen LogP) is 1.62. The van der Waals surface area contributed by atoms with Gasteiger partial charge in [0.15, 0.2) is 0 Å². The number of morpholine rings is 1. The standard InChI is InChI=1S/C18H24F3N3O3/c1-14(25)24(9-8-23-10-12-27-13-11-23)7-6-22-17(26)15-2-4-16(5-3-15)18(19,20)21/h2-5H,6-13H2,1H3,(H,22,26). The van der Waals surface area contributed by atoms with E-state index in [4.69, 9.17) is 4.74 Å². The topological polar surface area (TPSA) is 61.9 Å². The Morgan fingerprint density at radius 2 is 1.78 bits per heavy atom. The molecule has 0 atom stereocenters. The fraction of sp³-hybridized carbons (Fsp3) is 0.556. The van der Waals surface area contributed by atoms with Crippen LogP contribution in [0, 0.1) is 0 Å². The summed E-state index contributed by atoms with van der Waals surface area (Å²) in [7, 11) is 0. The van der Waals surface area contributed by atoms with Gasteiger partial charge in [-0.15, -0.1) is 0 Å². The fourth-order valence-electron chi connectivity index (χ4n) is 2.73. The molecule has 1 aromatic carbocycles. The number of amides is 2. The molecule has 0 spiro atoms. The minimum atomic E-state index is -4.43. The molecule has 2 amide bonds. The van der Waals surface area contributed by atoms with Gasteiger partial charge in [0.25, 0.3) is 5.91 Å². The van der Waals surface area contributed by atoms with Crippen LogP contribution in [0.1, 0.15) is 22.8 Å². The Hall–Kier alpha value is -2.13. The van der Waals surface area contributed by atoms with Gasteiger partial charge in [0.1, 0.15) is 0 Å². The van der Waals surface area contributed by atoms with Gasteiger partial charge >= 0.3 is 6.18 Å². The molecule has 1 aliphatic rings. The van der Waals surface area contributed by atoms with E-state index in [1.165, 1.54) is 6.92 Å². The fourth-order valence-corrected chi connectivity index (χ4v) is 2.73. The number of nitrogens with zero attached hydrogens (tertiary/aromatic N) is 2. The number of benzene rings is 1. The van der Waals surface area contributed by atoms with E-state index in [0.29, 0.717) is 26.3 Å². The first-order valence-corrected chi connectivity index (χ1v) is 8.78. The van der Waals surface area contributed by atoms with Crippen molar-refractivity contribution >= 4 is 11.8 Å². The largest absolute Gasteiger partial charge is 0.416 e. The van der Waals surface area contributed by atoms with Gasteiger partial charge in [-0.1, -0.05) is 0 Å². The van der Waals surface area contributed by atoms with Crippen LogP contribution < -0.4 is 5.32 Å². The van der Waals surface area contributed by atoms with Crippen molar-refractivity contribution < 1.29 is 27.5 Å². The third-order valence-electron chi connectivity index (χ3n) is 4.38. The van der Waals surface area contributed by atoms with E-state index >= 15 is 0 Å². The Balaban J connectivity index is 1.78. The summed E-state index contributed by atoms with van der Waals surface area (Å²) in [6.45, 7) is 6.34. The highest BCUT2D eigenvalue weighted by molar-refractivity contribution is 5.94. The molecule has 9 heteroatoms. The molecule has 0 aliphatic carbocycles. The monoisotopic (exact) mass is 387 g/mol. The zero-order valence-corrected chi connectivity index (χ0v) is 15.2. The minimum Gasteiger partial charge on any atom is -0.379 e. The lowest BCUT2D eigenvalue weighted by Crippen LogP contribution is -2.44. The Kier molecular flexibility index (Phi) is 7.61. The van der Waals surface area contributed by atoms with Crippen LogP contribution in [0.2, 0.25) is 0 Å². The highest BCUT2D eigenvalue weighted by atomic mass is 19.4.